The van der Waals surface area contributed by atoms with Crippen molar-refractivity contribution in [1.29, 1.82) is 0 Å². The average molecular weight is 946 g/mol. The van der Waals surface area contributed by atoms with Crippen LogP contribution < -0.4 is 5.32 Å². The predicted octanol–water partition coefficient (Wildman–Crippen LogP) is 11.5. The van der Waals surface area contributed by atoms with Crippen LogP contribution in [0.25, 0.3) is 0 Å². The number of allylic oxidation sites excluding steroid dienone is 9. The van der Waals surface area contributed by atoms with Crippen molar-refractivity contribution in [2.75, 3.05) is 13.2 Å². The van der Waals surface area contributed by atoms with Crippen molar-refractivity contribution in [1.82, 2.24) is 5.32 Å². The van der Waals surface area contributed by atoms with Crippen LogP contribution in [0.1, 0.15) is 220 Å². The maximum absolute atomic E-state index is 13.3. The average Bonchev–Trinajstić information content (AvgIpc) is 3.32. The summed E-state index contributed by atoms with van der Waals surface area (Å²) >= 11 is 0. The number of carbonyl (C=O) groups excluding carboxylic acids is 2. The van der Waals surface area contributed by atoms with E-state index in [-0.39, 0.29) is 19.4 Å². The van der Waals surface area contributed by atoms with E-state index in [4.69, 9.17) is 14.2 Å². The summed E-state index contributed by atoms with van der Waals surface area (Å²) in [5.41, 5.74) is 0. The highest BCUT2D eigenvalue weighted by Gasteiger charge is 2.47. The number of amides is 1. The standard InChI is InChI=1S/C56H99NO10/c1-4-7-10-13-16-19-22-24-25-26-29-32-35-38-41-44-51(61)67-54-53(63)52(62)50(45-58)66-56(54)65-46-47(48(59)42-39-36-33-30-27-21-18-15-12-9-6-3)57-55(64)49(60)43-40-37-34-31-28-23-20-17-14-11-8-5-2/h8,11,14,17,19-20,22-23,39,42,47-50,52-54,56,58-60,62-63H,4-7,9-10,12-13,15-16,18,21,24-38,40-41,43-46H2,1-3H3,(H,57,64)/b11-8+,17-14+,22-19-,23-20-,42-39+. The SMILES string of the molecule is CC/C=C/C=C/C=C\CCCCCCC(O)C(=O)NC(COC1OC(CO)C(O)C(O)C1OC(=O)CCCCCCCCC/C=C\CCCCCC)C(O)/C=C/CCCCCCCCCCC. The summed E-state index contributed by atoms with van der Waals surface area (Å²) < 4.78 is 17.5. The van der Waals surface area contributed by atoms with Gasteiger partial charge in [0.25, 0.3) is 0 Å². The van der Waals surface area contributed by atoms with Gasteiger partial charge in [0.1, 0.15) is 24.4 Å². The molecule has 1 rings (SSSR count). The number of nitrogens with one attached hydrogen (secondary N) is 1. The molecule has 0 aromatic heterocycles. The third kappa shape index (κ3) is 33.5. The molecule has 1 aliphatic heterocycles. The molecule has 0 radical (unpaired) electrons. The third-order valence-corrected chi connectivity index (χ3v) is 12.5. The van der Waals surface area contributed by atoms with E-state index in [0.717, 1.165) is 83.5 Å². The molecular formula is C56H99NO10. The Balaban J connectivity index is 2.77. The molecule has 11 heteroatoms. The van der Waals surface area contributed by atoms with Gasteiger partial charge in [-0.1, -0.05) is 204 Å². The largest absolute Gasteiger partial charge is 0.454 e. The molecule has 0 bridgehead atoms. The minimum atomic E-state index is -1.62. The fourth-order valence-corrected chi connectivity index (χ4v) is 8.11. The number of ether oxygens (including phenoxy) is 3. The highest BCUT2D eigenvalue weighted by molar-refractivity contribution is 5.80. The normalized spacial score (nSPS) is 20.5. The van der Waals surface area contributed by atoms with E-state index in [9.17, 15) is 35.1 Å². The van der Waals surface area contributed by atoms with E-state index in [0.29, 0.717) is 12.8 Å². The van der Waals surface area contributed by atoms with Gasteiger partial charge >= 0.3 is 5.97 Å². The molecule has 1 heterocycles. The van der Waals surface area contributed by atoms with Crippen molar-refractivity contribution < 1.29 is 49.3 Å². The first-order valence-corrected chi connectivity index (χ1v) is 27.1. The molecule has 6 N–H and O–H groups in total. The summed E-state index contributed by atoms with van der Waals surface area (Å²) in [5, 5.41) is 56.6. The third-order valence-electron chi connectivity index (χ3n) is 12.5. The smallest absolute Gasteiger partial charge is 0.306 e. The zero-order valence-corrected chi connectivity index (χ0v) is 42.5. The maximum atomic E-state index is 13.3. The van der Waals surface area contributed by atoms with E-state index >= 15 is 0 Å². The number of aliphatic hydroxyl groups is 5. The molecule has 0 aromatic rings. The highest BCUT2D eigenvalue weighted by Crippen LogP contribution is 2.26. The van der Waals surface area contributed by atoms with Crippen LogP contribution in [-0.2, 0) is 23.8 Å². The fourth-order valence-electron chi connectivity index (χ4n) is 8.11. The van der Waals surface area contributed by atoms with Crippen LogP contribution >= 0.6 is 0 Å². The van der Waals surface area contributed by atoms with Gasteiger partial charge in [0.05, 0.1) is 25.4 Å². The van der Waals surface area contributed by atoms with Crippen LogP contribution in [0.15, 0.2) is 60.8 Å². The van der Waals surface area contributed by atoms with Gasteiger partial charge in [0, 0.05) is 6.42 Å². The summed E-state index contributed by atoms with van der Waals surface area (Å²) in [6, 6.07) is -1.03. The van der Waals surface area contributed by atoms with Gasteiger partial charge in [-0.3, -0.25) is 9.59 Å². The van der Waals surface area contributed by atoms with Crippen LogP contribution in [-0.4, -0.2) is 99.6 Å². The number of unbranched alkanes of at least 4 members (excludes halogenated alkanes) is 24. The second-order valence-corrected chi connectivity index (χ2v) is 18.6. The van der Waals surface area contributed by atoms with Gasteiger partial charge in [-0.15, -0.1) is 0 Å². The molecule has 1 fully saturated rings. The van der Waals surface area contributed by atoms with Gasteiger partial charge in [-0.2, -0.15) is 0 Å². The molecule has 11 nitrogen and oxygen atoms in total. The van der Waals surface area contributed by atoms with E-state index in [2.05, 4.69) is 50.4 Å². The van der Waals surface area contributed by atoms with Crippen LogP contribution in [0.5, 0.6) is 0 Å². The molecule has 388 valence electrons. The summed E-state index contributed by atoms with van der Waals surface area (Å²) in [5.74, 6) is -1.22. The summed E-state index contributed by atoms with van der Waals surface area (Å²) in [6.45, 7) is 5.59. The lowest BCUT2D eigenvalue weighted by molar-refractivity contribution is -0.305. The van der Waals surface area contributed by atoms with Gasteiger partial charge in [0.2, 0.25) is 5.91 Å². The minimum Gasteiger partial charge on any atom is -0.454 e. The number of hydrogen-bond donors (Lipinski definition) is 6. The van der Waals surface area contributed by atoms with Crippen LogP contribution in [0.4, 0.5) is 0 Å². The number of aliphatic hydroxyl groups excluding tert-OH is 5. The lowest BCUT2D eigenvalue weighted by Gasteiger charge is -2.41. The zero-order chi connectivity index (χ0) is 49.0. The Kier molecular flexibility index (Phi) is 41.5. The molecule has 1 amide bonds. The second kappa shape index (κ2) is 44.6. The minimum absolute atomic E-state index is 0.114. The number of hydrogen-bond acceptors (Lipinski definition) is 10. The highest BCUT2D eigenvalue weighted by atomic mass is 16.7. The lowest BCUT2D eigenvalue weighted by Crippen LogP contribution is -2.61. The molecule has 8 atom stereocenters. The Hall–Kier alpha value is -2.64. The molecular weight excluding hydrogens is 847 g/mol. The first-order chi connectivity index (χ1) is 32.7. The number of rotatable bonds is 44. The Morgan fingerprint density at radius 3 is 1.66 bits per heavy atom. The van der Waals surface area contributed by atoms with Crippen LogP contribution in [0.3, 0.4) is 0 Å². The Morgan fingerprint density at radius 2 is 1.09 bits per heavy atom. The van der Waals surface area contributed by atoms with Crippen molar-refractivity contribution in [3.05, 3.63) is 60.8 Å². The second-order valence-electron chi connectivity index (χ2n) is 18.6. The Morgan fingerprint density at radius 1 is 0.597 bits per heavy atom. The monoisotopic (exact) mass is 946 g/mol. The molecule has 0 spiro atoms. The molecule has 1 saturated heterocycles. The summed E-state index contributed by atoms with van der Waals surface area (Å²) in [4.78, 5) is 26.4. The maximum Gasteiger partial charge on any atom is 0.306 e. The van der Waals surface area contributed by atoms with E-state index in [1.54, 1.807) is 6.08 Å². The summed E-state index contributed by atoms with van der Waals surface area (Å²) in [6.07, 6.45) is 42.7. The van der Waals surface area contributed by atoms with Crippen molar-refractivity contribution >= 4 is 11.9 Å². The van der Waals surface area contributed by atoms with Crippen LogP contribution in [0.2, 0.25) is 0 Å². The zero-order valence-electron chi connectivity index (χ0n) is 42.5. The van der Waals surface area contributed by atoms with Gasteiger partial charge < -0.3 is 45.1 Å². The number of carbonyl (C=O) groups is 2. The van der Waals surface area contributed by atoms with E-state index in [1.807, 2.05) is 30.4 Å². The molecule has 1 aliphatic rings. The van der Waals surface area contributed by atoms with Crippen molar-refractivity contribution in [3.63, 3.8) is 0 Å². The van der Waals surface area contributed by atoms with Gasteiger partial charge in [0.15, 0.2) is 12.4 Å². The fraction of sp³-hybridized carbons (Fsp3) is 0.786. The predicted molar refractivity (Wildman–Crippen MR) is 273 cm³/mol. The molecule has 67 heavy (non-hydrogen) atoms. The van der Waals surface area contributed by atoms with Crippen molar-refractivity contribution in [2.24, 2.45) is 0 Å². The first kappa shape index (κ1) is 62.4. The lowest BCUT2D eigenvalue weighted by atomic mass is 9.99. The molecule has 0 saturated carbocycles. The van der Waals surface area contributed by atoms with E-state index in [1.165, 1.54) is 89.9 Å². The molecule has 0 aliphatic carbocycles. The number of esters is 1. The Labute approximate surface area is 408 Å². The van der Waals surface area contributed by atoms with Gasteiger partial charge in [-0.05, 0) is 70.6 Å². The van der Waals surface area contributed by atoms with Crippen LogP contribution in [0, 0.1) is 0 Å². The first-order valence-electron chi connectivity index (χ1n) is 27.1. The van der Waals surface area contributed by atoms with E-state index < -0.39 is 67.4 Å². The topological polar surface area (TPSA) is 175 Å². The van der Waals surface area contributed by atoms with Gasteiger partial charge in [-0.25, -0.2) is 0 Å². The Bertz CT molecular complexity index is 1320. The molecule has 0 aromatic carbocycles. The van der Waals surface area contributed by atoms with Crippen molar-refractivity contribution in [3.8, 4) is 0 Å². The molecule has 8 unspecified atom stereocenters. The quantitative estimate of drug-likeness (QED) is 0.0149. The van der Waals surface area contributed by atoms with Crippen molar-refractivity contribution in [2.45, 2.75) is 269 Å². The summed E-state index contributed by atoms with van der Waals surface area (Å²) in [7, 11) is 0.